The van der Waals surface area contributed by atoms with Crippen molar-refractivity contribution >= 4 is 17.2 Å². The molecular weight excluding hydrogens is 256 g/mol. The molecule has 1 aromatic heterocycles. The summed E-state index contributed by atoms with van der Waals surface area (Å²) in [5, 5.41) is 5.96. The lowest BCUT2D eigenvalue weighted by Crippen LogP contribution is -2.25. The third-order valence-corrected chi connectivity index (χ3v) is 3.71. The van der Waals surface area contributed by atoms with Crippen molar-refractivity contribution in [3.05, 3.63) is 52.0 Å². The minimum atomic E-state index is 0.109. The summed E-state index contributed by atoms with van der Waals surface area (Å²) in [4.78, 5) is 15.9. The van der Waals surface area contributed by atoms with Crippen LogP contribution in [0.2, 0.25) is 0 Å². The van der Waals surface area contributed by atoms with E-state index < -0.39 is 0 Å². The minimum Gasteiger partial charge on any atom is -0.356 e. The smallest absolute Gasteiger partial charge is 0.220 e. The third-order valence-electron chi connectivity index (χ3n) is 2.87. The Balaban J connectivity index is 1.67. The van der Waals surface area contributed by atoms with Gasteiger partial charge in [-0.3, -0.25) is 4.79 Å². The van der Waals surface area contributed by atoms with E-state index in [1.807, 2.05) is 11.4 Å². The molecule has 3 nitrogen and oxygen atoms in total. The van der Waals surface area contributed by atoms with Gasteiger partial charge in [0.1, 0.15) is 0 Å². The lowest BCUT2D eigenvalue weighted by molar-refractivity contribution is -0.121. The Kier molecular flexibility index (Phi) is 5.10. The standard InChI is InChI=1S/C15H18N2OS/c1-12-3-2-4-13(11-12)5-6-14(18)16-8-7-15-17-9-10-19-15/h2-4,9-11H,5-8H2,1H3,(H,16,18). The first kappa shape index (κ1) is 13.7. The molecule has 100 valence electrons. The molecule has 1 N–H and O–H groups in total. The van der Waals surface area contributed by atoms with Crippen LogP contribution in [-0.2, 0) is 17.6 Å². The van der Waals surface area contributed by atoms with Crippen LogP contribution in [0.3, 0.4) is 0 Å². The Bertz CT molecular complexity index is 523. The lowest BCUT2D eigenvalue weighted by Gasteiger charge is -2.05. The van der Waals surface area contributed by atoms with Crippen molar-refractivity contribution in [3.8, 4) is 0 Å². The van der Waals surface area contributed by atoms with E-state index in [2.05, 4.69) is 35.4 Å². The van der Waals surface area contributed by atoms with Crippen molar-refractivity contribution in [1.82, 2.24) is 10.3 Å². The number of carbonyl (C=O) groups is 1. The number of nitrogens with zero attached hydrogens (tertiary/aromatic N) is 1. The summed E-state index contributed by atoms with van der Waals surface area (Å²) in [5.41, 5.74) is 2.46. The van der Waals surface area contributed by atoms with Crippen LogP contribution in [0, 0.1) is 6.92 Å². The van der Waals surface area contributed by atoms with Gasteiger partial charge in [-0.15, -0.1) is 11.3 Å². The van der Waals surface area contributed by atoms with E-state index in [0.29, 0.717) is 13.0 Å². The molecule has 2 aromatic rings. The zero-order valence-corrected chi connectivity index (χ0v) is 11.9. The monoisotopic (exact) mass is 274 g/mol. The van der Waals surface area contributed by atoms with Crippen LogP contribution in [-0.4, -0.2) is 17.4 Å². The summed E-state index contributed by atoms with van der Waals surface area (Å²) in [6, 6.07) is 8.29. The van der Waals surface area contributed by atoms with Gasteiger partial charge in [0.05, 0.1) is 5.01 Å². The van der Waals surface area contributed by atoms with Crippen molar-refractivity contribution in [2.75, 3.05) is 6.54 Å². The molecule has 0 fully saturated rings. The molecule has 0 saturated heterocycles. The molecule has 0 radical (unpaired) electrons. The van der Waals surface area contributed by atoms with Crippen LogP contribution in [0.25, 0.3) is 0 Å². The Morgan fingerprint density at radius 3 is 3.00 bits per heavy atom. The van der Waals surface area contributed by atoms with E-state index in [9.17, 15) is 4.79 Å². The fraction of sp³-hybridized carbons (Fsp3) is 0.333. The first-order valence-corrected chi connectivity index (χ1v) is 7.32. The van der Waals surface area contributed by atoms with Gasteiger partial charge in [-0.2, -0.15) is 0 Å². The molecule has 0 aliphatic heterocycles. The van der Waals surface area contributed by atoms with Crippen LogP contribution in [0.4, 0.5) is 0 Å². The molecule has 0 saturated carbocycles. The second kappa shape index (κ2) is 7.04. The van der Waals surface area contributed by atoms with E-state index in [-0.39, 0.29) is 5.91 Å². The number of amides is 1. The fourth-order valence-corrected chi connectivity index (χ4v) is 2.52. The van der Waals surface area contributed by atoms with Gasteiger partial charge in [-0.05, 0) is 18.9 Å². The highest BCUT2D eigenvalue weighted by atomic mass is 32.1. The summed E-state index contributed by atoms with van der Waals surface area (Å²) in [7, 11) is 0. The quantitative estimate of drug-likeness (QED) is 0.880. The molecule has 0 aliphatic rings. The average Bonchev–Trinajstić information content (AvgIpc) is 2.90. The van der Waals surface area contributed by atoms with Gasteiger partial charge in [0.15, 0.2) is 0 Å². The maximum Gasteiger partial charge on any atom is 0.220 e. The number of hydrogen-bond donors (Lipinski definition) is 1. The van der Waals surface area contributed by atoms with Crippen LogP contribution in [0.5, 0.6) is 0 Å². The molecule has 1 heterocycles. The number of benzene rings is 1. The van der Waals surface area contributed by atoms with Gasteiger partial charge < -0.3 is 5.32 Å². The predicted molar refractivity (Wildman–Crippen MR) is 78.3 cm³/mol. The van der Waals surface area contributed by atoms with Crippen LogP contribution in [0.1, 0.15) is 22.6 Å². The topological polar surface area (TPSA) is 42.0 Å². The van der Waals surface area contributed by atoms with Gasteiger partial charge >= 0.3 is 0 Å². The summed E-state index contributed by atoms with van der Waals surface area (Å²) in [6.45, 7) is 2.73. The van der Waals surface area contributed by atoms with Gasteiger partial charge in [0, 0.05) is 31.0 Å². The van der Waals surface area contributed by atoms with Crippen molar-refractivity contribution < 1.29 is 4.79 Å². The molecule has 0 spiro atoms. The maximum absolute atomic E-state index is 11.7. The third kappa shape index (κ3) is 4.83. The molecule has 4 heteroatoms. The SMILES string of the molecule is Cc1cccc(CCC(=O)NCCc2nccs2)c1. The van der Waals surface area contributed by atoms with E-state index >= 15 is 0 Å². The largest absolute Gasteiger partial charge is 0.356 e. The summed E-state index contributed by atoms with van der Waals surface area (Å²) < 4.78 is 0. The summed E-state index contributed by atoms with van der Waals surface area (Å²) in [6.07, 6.45) is 3.94. The van der Waals surface area contributed by atoms with Gasteiger partial charge in [0.2, 0.25) is 5.91 Å². The van der Waals surface area contributed by atoms with Gasteiger partial charge in [0.25, 0.3) is 0 Å². The Labute approximate surface area is 117 Å². The molecule has 19 heavy (non-hydrogen) atoms. The van der Waals surface area contributed by atoms with Crippen LogP contribution < -0.4 is 5.32 Å². The lowest BCUT2D eigenvalue weighted by atomic mass is 10.1. The number of aromatic nitrogens is 1. The summed E-state index contributed by atoms with van der Waals surface area (Å²) >= 11 is 1.62. The minimum absolute atomic E-state index is 0.109. The Hall–Kier alpha value is -1.68. The highest BCUT2D eigenvalue weighted by Crippen LogP contribution is 2.07. The zero-order chi connectivity index (χ0) is 13.5. The fourth-order valence-electron chi connectivity index (χ4n) is 1.90. The molecule has 0 unspecified atom stereocenters. The van der Waals surface area contributed by atoms with Crippen LogP contribution in [0.15, 0.2) is 35.8 Å². The molecule has 0 atom stereocenters. The van der Waals surface area contributed by atoms with Crippen molar-refractivity contribution in [2.24, 2.45) is 0 Å². The van der Waals surface area contributed by atoms with Crippen molar-refractivity contribution in [3.63, 3.8) is 0 Å². The Morgan fingerprint density at radius 2 is 2.26 bits per heavy atom. The van der Waals surface area contributed by atoms with Gasteiger partial charge in [-0.25, -0.2) is 4.98 Å². The molecule has 1 aromatic carbocycles. The van der Waals surface area contributed by atoms with E-state index in [0.717, 1.165) is 17.8 Å². The number of thiazole rings is 1. The number of hydrogen-bond acceptors (Lipinski definition) is 3. The van der Waals surface area contributed by atoms with E-state index in [4.69, 9.17) is 0 Å². The zero-order valence-electron chi connectivity index (χ0n) is 11.1. The Morgan fingerprint density at radius 1 is 1.37 bits per heavy atom. The highest BCUT2D eigenvalue weighted by molar-refractivity contribution is 7.09. The molecule has 1 amide bonds. The number of carbonyl (C=O) groups excluding carboxylic acids is 1. The highest BCUT2D eigenvalue weighted by Gasteiger charge is 2.03. The first-order chi connectivity index (χ1) is 9.24. The molecular formula is C15H18N2OS. The van der Waals surface area contributed by atoms with Crippen LogP contribution >= 0.6 is 11.3 Å². The summed E-state index contributed by atoms with van der Waals surface area (Å²) in [5.74, 6) is 0.109. The average molecular weight is 274 g/mol. The van der Waals surface area contributed by atoms with E-state index in [1.54, 1.807) is 17.5 Å². The molecule has 0 aliphatic carbocycles. The van der Waals surface area contributed by atoms with E-state index in [1.165, 1.54) is 11.1 Å². The number of aryl methyl sites for hydroxylation is 2. The van der Waals surface area contributed by atoms with Gasteiger partial charge in [-0.1, -0.05) is 29.8 Å². The second-order valence-corrected chi connectivity index (χ2v) is 5.49. The normalized spacial score (nSPS) is 10.4. The molecule has 2 rings (SSSR count). The molecule has 0 bridgehead atoms. The number of nitrogens with one attached hydrogen (secondary N) is 1. The maximum atomic E-state index is 11.7. The predicted octanol–water partition coefficient (Wildman–Crippen LogP) is 2.74. The second-order valence-electron chi connectivity index (χ2n) is 4.51. The first-order valence-electron chi connectivity index (χ1n) is 6.44. The van der Waals surface area contributed by atoms with Crippen molar-refractivity contribution in [2.45, 2.75) is 26.2 Å². The number of rotatable bonds is 6. The van der Waals surface area contributed by atoms with Crippen molar-refractivity contribution in [1.29, 1.82) is 0 Å².